The zero-order valence-electron chi connectivity index (χ0n) is 13.5. The first-order chi connectivity index (χ1) is 11.1. The maximum absolute atomic E-state index is 12.1. The maximum atomic E-state index is 12.1. The van der Waals surface area contributed by atoms with Crippen LogP contribution in [0.5, 0.6) is 0 Å². The topological polar surface area (TPSA) is 84.9 Å². The van der Waals surface area contributed by atoms with Crippen molar-refractivity contribution in [1.82, 2.24) is 5.32 Å². The fourth-order valence-corrected chi connectivity index (χ4v) is 3.56. The number of ether oxygens (including phenoxy) is 2. The predicted octanol–water partition coefficient (Wildman–Crippen LogP) is 2.87. The molecule has 2 fully saturated rings. The highest BCUT2D eigenvalue weighted by atomic mass is 16.6. The summed E-state index contributed by atoms with van der Waals surface area (Å²) in [5.41, 5.74) is 0. The monoisotopic (exact) mass is 325 g/mol. The van der Waals surface area contributed by atoms with E-state index in [0.717, 1.165) is 51.4 Å². The number of alkyl carbamates (subject to hydrolysis) is 1. The Bertz CT molecular complexity index is 419. The Kier molecular flexibility index (Phi) is 6.89. The Balaban J connectivity index is 1.85. The Morgan fingerprint density at radius 3 is 2.48 bits per heavy atom. The molecule has 3 atom stereocenters. The molecule has 0 aromatic rings. The molecule has 2 unspecified atom stereocenters. The Morgan fingerprint density at radius 2 is 1.83 bits per heavy atom. The average molecular weight is 325 g/mol. The number of nitrogens with one attached hydrogen (secondary N) is 1. The molecule has 130 valence electrons. The number of carboxylic acids is 1. The zero-order chi connectivity index (χ0) is 16.7. The molecule has 2 N–H and O–H groups in total. The second-order valence-electron chi connectivity index (χ2n) is 6.39. The van der Waals surface area contributed by atoms with Crippen LogP contribution in [0.15, 0.2) is 12.7 Å². The van der Waals surface area contributed by atoms with Gasteiger partial charge in [-0.25, -0.2) is 9.59 Å². The SMILES string of the molecule is C=CCOC1CCCC1OC(=O)N[C@H](C(=O)O)C1CCCCC1. The number of rotatable bonds is 7. The number of hydrogen-bond donors (Lipinski definition) is 2. The van der Waals surface area contributed by atoms with E-state index in [0.29, 0.717) is 6.61 Å². The van der Waals surface area contributed by atoms with Crippen molar-refractivity contribution >= 4 is 12.1 Å². The van der Waals surface area contributed by atoms with Gasteiger partial charge in [-0.15, -0.1) is 6.58 Å². The van der Waals surface area contributed by atoms with Crippen molar-refractivity contribution < 1.29 is 24.2 Å². The molecule has 6 heteroatoms. The number of carboxylic acid groups (broad SMARTS) is 1. The van der Waals surface area contributed by atoms with Gasteiger partial charge < -0.3 is 19.9 Å². The third-order valence-electron chi connectivity index (χ3n) is 4.74. The molecule has 0 aliphatic heterocycles. The van der Waals surface area contributed by atoms with E-state index in [2.05, 4.69) is 11.9 Å². The first-order valence-corrected chi connectivity index (χ1v) is 8.54. The van der Waals surface area contributed by atoms with Crippen molar-refractivity contribution in [3.8, 4) is 0 Å². The van der Waals surface area contributed by atoms with E-state index in [1.165, 1.54) is 0 Å². The minimum absolute atomic E-state index is 0.00908. The number of carbonyl (C=O) groups is 2. The average Bonchev–Trinajstić information content (AvgIpc) is 2.98. The molecular formula is C17H27NO5. The van der Waals surface area contributed by atoms with Crippen LogP contribution < -0.4 is 5.32 Å². The Hall–Kier alpha value is -1.56. The molecule has 1 amide bonds. The van der Waals surface area contributed by atoms with Crippen LogP contribution in [0.25, 0.3) is 0 Å². The molecule has 2 rings (SSSR count). The van der Waals surface area contributed by atoms with Gasteiger partial charge in [0.1, 0.15) is 12.1 Å². The normalized spacial score (nSPS) is 26.4. The lowest BCUT2D eigenvalue weighted by Gasteiger charge is -2.28. The highest BCUT2D eigenvalue weighted by molar-refractivity contribution is 5.80. The van der Waals surface area contributed by atoms with Gasteiger partial charge in [0.05, 0.1) is 12.7 Å². The molecule has 0 heterocycles. The summed E-state index contributed by atoms with van der Waals surface area (Å²) in [6.45, 7) is 4.03. The Labute approximate surface area is 137 Å². The summed E-state index contributed by atoms with van der Waals surface area (Å²) in [7, 11) is 0. The van der Waals surface area contributed by atoms with E-state index in [1.807, 2.05) is 0 Å². The quantitative estimate of drug-likeness (QED) is 0.703. The third-order valence-corrected chi connectivity index (χ3v) is 4.74. The number of carbonyl (C=O) groups excluding carboxylic acids is 1. The molecule has 23 heavy (non-hydrogen) atoms. The molecule has 2 aliphatic rings. The van der Waals surface area contributed by atoms with E-state index in [4.69, 9.17) is 9.47 Å². The standard InChI is InChI=1S/C17H27NO5/c1-2-11-22-13-9-6-10-14(13)23-17(21)18-15(16(19)20)12-7-4-3-5-8-12/h2,12-15H,1,3-11H2,(H,18,21)(H,19,20)/t13?,14?,15-/m0/s1. The van der Waals surface area contributed by atoms with Crippen molar-refractivity contribution in [2.24, 2.45) is 5.92 Å². The second kappa shape index (κ2) is 8.91. The fourth-order valence-electron chi connectivity index (χ4n) is 3.56. The van der Waals surface area contributed by atoms with Gasteiger partial charge >= 0.3 is 12.1 Å². The van der Waals surface area contributed by atoms with Crippen LogP contribution in [-0.2, 0) is 14.3 Å². The number of aliphatic carboxylic acids is 1. The van der Waals surface area contributed by atoms with Gasteiger partial charge in [0.25, 0.3) is 0 Å². The molecule has 0 bridgehead atoms. The molecular weight excluding hydrogens is 298 g/mol. The van der Waals surface area contributed by atoms with Crippen LogP contribution in [0.3, 0.4) is 0 Å². The minimum Gasteiger partial charge on any atom is -0.480 e. The van der Waals surface area contributed by atoms with Crippen molar-refractivity contribution in [3.63, 3.8) is 0 Å². The minimum atomic E-state index is -0.986. The van der Waals surface area contributed by atoms with Crippen LogP contribution in [0.4, 0.5) is 4.79 Å². The molecule has 0 saturated heterocycles. The van der Waals surface area contributed by atoms with Gasteiger partial charge in [0.15, 0.2) is 0 Å². The van der Waals surface area contributed by atoms with Crippen LogP contribution in [0, 0.1) is 5.92 Å². The molecule has 0 spiro atoms. The van der Waals surface area contributed by atoms with Gasteiger partial charge in [-0.05, 0) is 38.0 Å². The van der Waals surface area contributed by atoms with E-state index in [-0.39, 0.29) is 18.1 Å². The molecule has 0 radical (unpaired) electrons. The zero-order valence-corrected chi connectivity index (χ0v) is 13.5. The summed E-state index contributed by atoms with van der Waals surface area (Å²) in [5, 5.41) is 12.0. The highest BCUT2D eigenvalue weighted by Crippen LogP contribution is 2.28. The van der Waals surface area contributed by atoms with Crippen molar-refractivity contribution in [2.45, 2.75) is 69.6 Å². The predicted molar refractivity (Wildman–Crippen MR) is 85.2 cm³/mol. The smallest absolute Gasteiger partial charge is 0.408 e. The maximum Gasteiger partial charge on any atom is 0.408 e. The third kappa shape index (κ3) is 5.23. The van der Waals surface area contributed by atoms with Gasteiger partial charge in [-0.3, -0.25) is 0 Å². The molecule has 6 nitrogen and oxygen atoms in total. The summed E-state index contributed by atoms with van der Waals surface area (Å²) < 4.78 is 11.0. The lowest BCUT2D eigenvalue weighted by atomic mass is 9.84. The first kappa shape index (κ1) is 17.8. The van der Waals surface area contributed by atoms with Crippen molar-refractivity contribution in [1.29, 1.82) is 0 Å². The van der Waals surface area contributed by atoms with Crippen LogP contribution in [0.2, 0.25) is 0 Å². The van der Waals surface area contributed by atoms with Gasteiger partial charge in [0.2, 0.25) is 0 Å². The Morgan fingerprint density at radius 1 is 1.13 bits per heavy atom. The summed E-state index contributed by atoms with van der Waals surface area (Å²) in [4.78, 5) is 23.6. The lowest BCUT2D eigenvalue weighted by molar-refractivity contribution is -0.141. The summed E-state index contributed by atoms with van der Waals surface area (Å²) in [6, 6.07) is -0.864. The highest BCUT2D eigenvalue weighted by Gasteiger charge is 2.34. The number of hydrogen-bond acceptors (Lipinski definition) is 4. The van der Waals surface area contributed by atoms with E-state index in [1.54, 1.807) is 6.08 Å². The number of amides is 1. The summed E-state index contributed by atoms with van der Waals surface area (Å²) >= 11 is 0. The molecule has 2 saturated carbocycles. The van der Waals surface area contributed by atoms with Crippen LogP contribution in [-0.4, -0.2) is 42.0 Å². The fraction of sp³-hybridized carbons (Fsp3) is 0.765. The van der Waals surface area contributed by atoms with Gasteiger partial charge in [0, 0.05) is 0 Å². The summed E-state index contributed by atoms with van der Waals surface area (Å²) in [5.74, 6) is -0.995. The van der Waals surface area contributed by atoms with Crippen LogP contribution >= 0.6 is 0 Å². The molecule has 0 aromatic heterocycles. The van der Waals surface area contributed by atoms with E-state index in [9.17, 15) is 14.7 Å². The van der Waals surface area contributed by atoms with E-state index < -0.39 is 18.1 Å². The lowest BCUT2D eigenvalue weighted by Crippen LogP contribution is -2.48. The van der Waals surface area contributed by atoms with E-state index >= 15 is 0 Å². The van der Waals surface area contributed by atoms with Gasteiger partial charge in [-0.1, -0.05) is 25.3 Å². The largest absolute Gasteiger partial charge is 0.480 e. The molecule has 2 aliphatic carbocycles. The first-order valence-electron chi connectivity index (χ1n) is 8.54. The van der Waals surface area contributed by atoms with Crippen molar-refractivity contribution in [2.75, 3.05) is 6.61 Å². The van der Waals surface area contributed by atoms with Crippen LogP contribution in [0.1, 0.15) is 51.4 Å². The van der Waals surface area contributed by atoms with Gasteiger partial charge in [-0.2, -0.15) is 0 Å². The van der Waals surface area contributed by atoms with Crippen molar-refractivity contribution in [3.05, 3.63) is 12.7 Å². The molecule has 0 aromatic carbocycles. The summed E-state index contributed by atoms with van der Waals surface area (Å²) in [6.07, 6.45) is 7.96. The second-order valence-corrected chi connectivity index (χ2v) is 6.39.